The van der Waals surface area contributed by atoms with Crippen LogP contribution in [0.3, 0.4) is 0 Å². The Morgan fingerprint density at radius 3 is 2.92 bits per heavy atom. The summed E-state index contributed by atoms with van der Waals surface area (Å²) in [4.78, 5) is 3.48. The lowest BCUT2D eigenvalue weighted by Gasteiger charge is -2.55. The van der Waals surface area contributed by atoms with Crippen molar-refractivity contribution < 1.29 is 0 Å². The molecule has 1 nitrogen and oxygen atoms in total. The molecule has 3 rings (SSSR count). The number of hydrogen-bond acceptors (Lipinski definition) is 0. The van der Waals surface area contributed by atoms with E-state index in [9.17, 15) is 0 Å². The molecule has 0 aromatic heterocycles. The van der Waals surface area contributed by atoms with Gasteiger partial charge in [0, 0.05) is 5.57 Å². The fraction of sp³-hybridized carbons (Fsp3) is 0.727. The van der Waals surface area contributed by atoms with Crippen molar-refractivity contribution in [3.63, 3.8) is 0 Å². The molecule has 0 aliphatic heterocycles. The zero-order valence-corrected chi connectivity index (χ0v) is 7.80. The Morgan fingerprint density at radius 1 is 1.67 bits per heavy atom. The summed E-state index contributed by atoms with van der Waals surface area (Å²) in [6.45, 7) is 12.2. The summed E-state index contributed by atoms with van der Waals surface area (Å²) >= 11 is 0. The molecule has 3 aliphatic rings. The smallest absolute Gasteiger partial charge is 0.236 e. The molecule has 0 aromatic rings. The highest BCUT2D eigenvalue weighted by Gasteiger charge is 2.51. The highest BCUT2D eigenvalue weighted by Crippen LogP contribution is 2.59. The maximum absolute atomic E-state index is 6.86. The van der Waals surface area contributed by atoms with Gasteiger partial charge in [0.1, 0.15) is 0 Å². The number of hydrogen-bond donors (Lipinski definition) is 0. The molecule has 2 atom stereocenters. The van der Waals surface area contributed by atoms with Gasteiger partial charge in [-0.1, -0.05) is 19.9 Å². The normalized spacial score (nSPS) is 36.2. The third-order valence-electron chi connectivity index (χ3n) is 3.84. The van der Waals surface area contributed by atoms with Gasteiger partial charge in [-0.15, -0.1) is 0 Å². The summed E-state index contributed by atoms with van der Waals surface area (Å²) in [5, 5.41) is 0. The maximum Gasteiger partial charge on any atom is 0.236 e. The molecule has 12 heavy (non-hydrogen) atoms. The van der Waals surface area contributed by atoms with Crippen LogP contribution in [0.1, 0.15) is 26.7 Å². The SMILES string of the molecule is [C-]#[N+]CC1=CCC2CC1C2(C)C. The van der Waals surface area contributed by atoms with Gasteiger partial charge >= 0.3 is 0 Å². The largest absolute Gasteiger partial charge is 0.312 e. The average Bonchev–Trinajstić information content (AvgIpc) is 2.05. The van der Waals surface area contributed by atoms with Crippen molar-refractivity contribution in [2.45, 2.75) is 26.7 Å². The van der Waals surface area contributed by atoms with Crippen LogP contribution in [-0.4, -0.2) is 6.54 Å². The van der Waals surface area contributed by atoms with Crippen LogP contribution in [0.15, 0.2) is 11.6 Å². The van der Waals surface area contributed by atoms with Crippen LogP contribution < -0.4 is 0 Å². The van der Waals surface area contributed by atoms with Gasteiger partial charge in [0.15, 0.2) is 0 Å². The molecule has 1 saturated carbocycles. The Balaban J connectivity index is 2.19. The summed E-state index contributed by atoms with van der Waals surface area (Å²) in [5.74, 6) is 1.63. The molecule has 64 valence electrons. The molecule has 0 N–H and O–H groups in total. The summed E-state index contributed by atoms with van der Waals surface area (Å²) in [6, 6.07) is 0. The topological polar surface area (TPSA) is 4.36 Å². The molecule has 2 unspecified atom stereocenters. The highest BCUT2D eigenvalue weighted by atomic mass is 14.7. The zero-order chi connectivity index (χ0) is 8.77. The minimum atomic E-state index is 0.495. The van der Waals surface area contributed by atoms with Crippen LogP contribution in [0.25, 0.3) is 4.85 Å². The van der Waals surface area contributed by atoms with Gasteiger partial charge in [0.2, 0.25) is 6.54 Å². The first-order chi connectivity index (χ1) is 5.66. The van der Waals surface area contributed by atoms with Crippen molar-refractivity contribution >= 4 is 0 Å². The van der Waals surface area contributed by atoms with Crippen LogP contribution in [0.5, 0.6) is 0 Å². The first-order valence-electron chi connectivity index (χ1n) is 4.68. The first-order valence-corrected chi connectivity index (χ1v) is 4.68. The number of rotatable bonds is 1. The van der Waals surface area contributed by atoms with Crippen molar-refractivity contribution in [1.29, 1.82) is 0 Å². The fourth-order valence-electron chi connectivity index (χ4n) is 2.75. The Kier molecular flexibility index (Phi) is 1.54. The van der Waals surface area contributed by atoms with E-state index in [0.29, 0.717) is 12.0 Å². The van der Waals surface area contributed by atoms with Crippen molar-refractivity contribution in [3.05, 3.63) is 23.1 Å². The van der Waals surface area contributed by atoms with Crippen LogP contribution in [-0.2, 0) is 0 Å². The maximum atomic E-state index is 6.86. The van der Waals surface area contributed by atoms with E-state index < -0.39 is 0 Å². The average molecular weight is 161 g/mol. The van der Waals surface area contributed by atoms with Crippen LogP contribution in [0.2, 0.25) is 0 Å². The molecule has 0 amide bonds. The van der Waals surface area contributed by atoms with E-state index in [1.807, 2.05) is 0 Å². The van der Waals surface area contributed by atoms with Crippen molar-refractivity contribution in [2.24, 2.45) is 17.3 Å². The minimum absolute atomic E-state index is 0.495. The fourth-order valence-corrected chi connectivity index (χ4v) is 2.75. The van der Waals surface area contributed by atoms with Gasteiger partial charge in [-0.25, -0.2) is 6.57 Å². The van der Waals surface area contributed by atoms with Crippen molar-refractivity contribution in [1.82, 2.24) is 0 Å². The standard InChI is InChI=1S/C11H15N/c1-11(2)9-5-4-8(7-12-3)10(11)6-9/h4,9-10H,5-7H2,1-2H3. The third kappa shape index (κ3) is 0.843. The molecular formula is C11H15N. The van der Waals surface area contributed by atoms with E-state index in [0.717, 1.165) is 11.8 Å². The molecule has 0 saturated heterocycles. The zero-order valence-electron chi connectivity index (χ0n) is 7.80. The number of nitrogens with zero attached hydrogens (tertiary/aromatic N) is 1. The number of fused-ring (bicyclic) bond motifs is 1. The molecule has 0 aromatic carbocycles. The molecule has 0 spiro atoms. The lowest BCUT2D eigenvalue weighted by molar-refractivity contribution is -0.00603. The molecule has 3 aliphatic carbocycles. The Hall–Kier alpha value is -0.770. The van der Waals surface area contributed by atoms with Gasteiger partial charge in [-0.05, 0) is 30.1 Å². The van der Waals surface area contributed by atoms with E-state index >= 15 is 0 Å². The van der Waals surface area contributed by atoms with Gasteiger partial charge in [-0.2, -0.15) is 0 Å². The Morgan fingerprint density at radius 2 is 2.42 bits per heavy atom. The third-order valence-corrected chi connectivity index (χ3v) is 3.84. The van der Waals surface area contributed by atoms with Crippen molar-refractivity contribution in [3.8, 4) is 0 Å². The monoisotopic (exact) mass is 161 g/mol. The summed E-state index contributed by atoms with van der Waals surface area (Å²) in [6.07, 6.45) is 4.87. The molecule has 0 radical (unpaired) electrons. The predicted molar refractivity (Wildman–Crippen MR) is 49.5 cm³/mol. The molecule has 0 heterocycles. The van der Waals surface area contributed by atoms with Gasteiger partial charge in [-0.3, -0.25) is 0 Å². The van der Waals surface area contributed by atoms with Gasteiger partial charge in [0.25, 0.3) is 0 Å². The van der Waals surface area contributed by atoms with E-state index in [1.54, 1.807) is 0 Å². The number of allylic oxidation sites excluding steroid dienone is 1. The molecular weight excluding hydrogens is 146 g/mol. The van der Waals surface area contributed by atoms with E-state index in [1.165, 1.54) is 18.4 Å². The van der Waals surface area contributed by atoms with Gasteiger partial charge in [0.05, 0.1) is 0 Å². The molecule has 1 heteroatoms. The second kappa shape index (κ2) is 2.36. The summed E-state index contributed by atoms with van der Waals surface area (Å²) in [7, 11) is 0. The summed E-state index contributed by atoms with van der Waals surface area (Å²) in [5.41, 5.74) is 1.91. The Labute approximate surface area is 74.3 Å². The molecule has 2 bridgehead atoms. The molecule has 1 fully saturated rings. The highest BCUT2D eigenvalue weighted by molar-refractivity contribution is 5.25. The second-order valence-corrected chi connectivity index (χ2v) is 4.64. The van der Waals surface area contributed by atoms with Crippen LogP contribution in [0.4, 0.5) is 0 Å². The van der Waals surface area contributed by atoms with E-state index in [-0.39, 0.29) is 0 Å². The summed E-state index contributed by atoms with van der Waals surface area (Å²) < 4.78 is 0. The first kappa shape index (κ1) is 7.86. The lowest BCUT2D eigenvalue weighted by atomic mass is 9.49. The Bertz CT molecular complexity index is 267. The van der Waals surface area contributed by atoms with E-state index in [2.05, 4.69) is 24.8 Å². The predicted octanol–water partition coefficient (Wildman–Crippen LogP) is 2.90. The van der Waals surface area contributed by atoms with Crippen molar-refractivity contribution in [2.75, 3.05) is 6.54 Å². The van der Waals surface area contributed by atoms with Gasteiger partial charge < -0.3 is 4.85 Å². The minimum Gasteiger partial charge on any atom is -0.312 e. The van der Waals surface area contributed by atoms with E-state index in [4.69, 9.17) is 6.57 Å². The van der Waals surface area contributed by atoms with Crippen LogP contribution in [0, 0.1) is 23.8 Å². The lowest BCUT2D eigenvalue weighted by Crippen LogP contribution is -2.48. The van der Waals surface area contributed by atoms with Crippen LogP contribution >= 0.6 is 0 Å². The quantitative estimate of drug-likeness (QED) is 0.411. The second-order valence-electron chi connectivity index (χ2n) is 4.64.